The molecular formula is C19H27N3O2. The first-order chi connectivity index (χ1) is 11.7. The number of rotatable bonds is 7. The monoisotopic (exact) mass is 329 g/mol. The Bertz CT molecular complexity index is 614. The van der Waals surface area contributed by atoms with Gasteiger partial charge >= 0.3 is 0 Å². The molecule has 0 saturated carbocycles. The molecule has 1 aromatic carbocycles. The van der Waals surface area contributed by atoms with Crippen molar-refractivity contribution in [3.05, 3.63) is 48.5 Å². The van der Waals surface area contributed by atoms with E-state index < -0.39 is 6.10 Å². The molecule has 0 spiro atoms. The van der Waals surface area contributed by atoms with Gasteiger partial charge in [-0.3, -0.25) is 0 Å². The van der Waals surface area contributed by atoms with E-state index in [1.807, 2.05) is 49.8 Å². The predicted molar refractivity (Wildman–Crippen MR) is 94.0 cm³/mol. The van der Waals surface area contributed by atoms with Crippen molar-refractivity contribution in [1.29, 1.82) is 0 Å². The lowest BCUT2D eigenvalue weighted by molar-refractivity contribution is 0.0516. The zero-order chi connectivity index (χ0) is 16.8. The summed E-state index contributed by atoms with van der Waals surface area (Å²) in [7, 11) is 2.05. The molecule has 2 aromatic rings. The second kappa shape index (κ2) is 8.31. The lowest BCUT2D eigenvalue weighted by Crippen LogP contribution is -2.42. The summed E-state index contributed by atoms with van der Waals surface area (Å²) in [5.74, 6) is 2.57. The average Bonchev–Trinajstić information content (AvgIpc) is 2.99. The van der Waals surface area contributed by atoms with Crippen molar-refractivity contribution in [2.75, 3.05) is 26.2 Å². The number of aliphatic hydroxyl groups excluding tert-OH is 1. The van der Waals surface area contributed by atoms with E-state index >= 15 is 0 Å². The van der Waals surface area contributed by atoms with E-state index in [-0.39, 0.29) is 0 Å². The van der Waals surface area contributed by atoms with Crippen LogP contribution in [-0.2, 0) is 13.5 Å². The maximum atomic E-state index is 10.3. The highest BCUT2D eigenvalue weighted by atomic mass is 16.5. The van der Waals surface area contributed by atoms with Crippen molar-refractivity contribution < 1.29 is 9.84 Å². The van der Waals surface area contributed by atoms with Crippen LogP contribution in [0.2, 0.25) is 0 Å². The zero-order valence-electron chi connectivity index (χ0n) is 14.3. The molecule has 5 heteroatoms. The van der Waals surface area contributed by atoms with Crippen LogP contribution in [0.4, 0.5) is 0 Å². The van der Waals surface area contributed by atoms with Crippen molar-refractivity contribution in [1.82, 2.24) is 14.5 Å². The number of piperidine rings is 1. The summed E-state index contributed by atoms with van der Waals surface area (Å²) < 4.78 is 7.75. The molecule has 1 aromatic heterocycles. The van der Waals surface area contributed by atoms with Gasteiger partial charge in [0.1, 0.15) is 24.3 Å². The molecule has 1 aliphatic rings. The minimum atomic E-state index is -0.461. The molecule has 3 rings (SSSR count). The van der Waals surface area contributed by atoms with E-state index in [0.717, 1.165) is 31.1 Å². The van der Waals surface area contributed by atoms with Gasteiger partial charge in [0.05, 0.1) is 0 Å². The lowest BCUT2D eigenvalue weighted by atomic mass is 9.94. The summed E-state index contributed by atoms with van der Waals surface area (Å²) in [5.41, 5.74) is 0. The number of nitrogens with zero attached hydrogens (tertiary/aromatic N) is 3. The highest BCUT2D eigenvalue weighted by molar-refractivity contribution is 5.20. The molecule has 1 fully saturated rings. The van der Waals surface area contributed by atoms with Gasteiger partial charge < -0.3 is 19.3 Å². The van der Waals surface area contributed by atoms with Crippen LogP contribution in [0.3, 0.4) is 0 Å². The van der Waals surface area contributed by atoms with Crippen LogP contribution in [0.5, 0.6) is 5.75 Å². The van der Waals surface area contributed by atoms with Crippen LogP contribution >= 0.6 is 0 Å². The van der Waals surface area contributed by atoms with Crippen LogP contribution in [0.15, 0.2) is 42.7 Å². The molecule has 0 bridgehead atoms. The van der Waals surface area contributed by atoms with Crippen LogP contribution in [0.25, 0.3) is 0 Å². The van der Waals surface area contributed by atoms with Crippen molar-refractivity contribution in [3.63, 3.8) is 0 Å². The van der Waals surface area contributed by atoms with Crippen molar-refractivity contribution >= 4 is 0 Å². The van der Waals surface area contributed by atoms with E-state index in [9.17, 15) is 5.11 Å². The van der Waals surface area contributed by atoms with Crippen molar-refractivity contribution in [2.24, 2.45) is 13.0 Å². The van der Waals surface area contributed by atoms with Crippen LogP contribution < -0.4 is 4.74 Å². The average molecular weight is 329 g/mol. The van der Waals surface area contributed by atoms with E-state index in [1.165, 1.54) is 12.8 Å². The molecule has 2 heterocycles. The smallest absolute Gasteiger partial charge is 0.119 e. The van der Waals surface area contributed by atoms with Crippen molar-refractivity contribution in [2.45, 2.75) is 25.4 Å². The fourth-order valence-corrected chi connectivity index (χ4v) is 3.39. The summed E-state index contributed by atoms with van der Waals surface area (Å²) in [6.45, 7) is 3.09. The summed E-state index contributed by atoms with van der Waals surface area (Å²) >= 11 is 0. The number of imidazole rings is 1. The predicted octanol–water partition coefficient (Wildman–Crippen LogP) is 2.11. The number of ether oxygens (including phenoxy) is 1. The Morgan fingerprint density at radius 3 is 2.92 bits per heavy atom. The quantitative estimate of drug-likeness (QED) is 0.845. The third kappa shape index (κ3) is 4.82. The van der Waals surface area contributed by atoms with Gasteiger partial charge in [-0.25, -0.2) is 4.98 Å². The number of aliphatic hydroxyl groups is 1. The van der Waals surface area contributed by atoms with Gasteiger partial charge in [-0.05, 0) is 37.4 Å². The third-order valence-corrected chi connectivity index (χ3v) is 4.65. The van der Waals surface area contributed by atoms with Crippen molar-refractivity contribution in [3.8, 4) is 5.75 Å². The van der Waals surface area contributed by atoms with Gasteiger partial charge in [0.25, 0.3) is 0 Å². The lowest BCUT2D eigenvalue weighted by Gasteiger charge is -2.33. The Morgan fingerprint density at radius 1 is 1.33 bits per heavy atom. The molecule has 5 nitrogen and oxygen atoms in total. The van der Waals surface area contributed by atoms with Crippen LogP contribution in [0.1, 0.15) is 18.7 Å². The summed E-state index contributed by atoms with van der Waals surface area (Å²) in [6, 6.07) is 9.66. The molecule has 24 heavy (non-hydrogen) atoms. The number of benzene rings is 1. The van der Waals surface area contributed by atoms with Gasteiger partial charge in [-0.15, -0.1) is 0 Å². The molecular weight excluding hydrogens is 302 g/mol. The number of likely N-dealkylation sites (tertiary alicyclic amines) is 1. The largest absolute Gasteiger partial charge is 0.491 e. The van der Waals surface area contributed by atoms with E-state index in [1.54, 1.807) is 0 Å². The molecule has 2 unspecified atom stereocenters. The van der Waals surface area contributed by atoms with Crippen LogP contribution in [-0.4, -0.2) is 51.9 Å². The van der Waals surface area contributed by atoms with Gasteiger partial charge in [0.2, 0.25) is 0 Å². The molecule has 0 radical (unpaired) electrons. The first-order valence-electron chi connectivity index (χ1n) is 8.75. The fraction of sp³-hybridized carbons (Fsp3) is 0.526. The highest BCUT2D eigenvalue weighted by Crippen LogP contribution is 2.20. The number of β-amino-alcohol motifs (C(OH)–C–C–N with tert-alkyl or cyclic N) is 1. The molecule has 1 saturated heterocycles. The Morgan fingerprint density at radius 2 is 2.17 bits per heavy atom. The minimum Gasteiger partial charge on any atom is -0.491 e. The molecule has 2 atom stereocenters. The molecule has 0 aliphatic carbocycles. The Labute approximate surface area is 143 Å². The van der Waals surface area contributed by atoms with Gasteiger partial charge in [0.15, 0.2) is 0 Å². The topological polar surface area (TPSA) is 50.5 Å². The normalized spacial score (nSPS) is 20.0. The maximum Gasteiger partial charge on any atom is 0.119 e. The summed E-state index contributed by atoms with van der Waals surface area (Å²) in [4.78, 5) is 6.79. The fourth-order valence-electron chi connectivity index (χ4n) is 3.39. The number of aryl methyl sites for hydroxylation is 1. The van der Waals surface area contributed by atoms with Crippen LogP contribution in [0, 0.1) is 5.92 Å². The van der Waals surface area contributed by atoms with Gasteiger partial charge in [0, 0.05) is 39.0 Å². The Hall–Kier alpha value is -1.85. The standard InChI is InChI=1S/C19H27N3O2/c1-21-11-9-20-19(21)12-16-6-5-10-22(13-16)14-17(23)15-24-18-7-3-2-4-8-18/h2-4,7-9,11,16-17,23H,5-6,10,12-15H2,1H3. The highest BCUT2D eigenvalue weighted by Gasteiger charge is 2.23. The second-order valence-electron chi connectivity index (χ2n) is 6.70. The van der Waals surface area contributed by atoms with E-state index in [4.69, 9.17) is 4.74 Å². The second-order valence-corrected chi connectivity index (χ2v) is 6.70. The summed E-state index contributed by atoms with van der Waals surface area (Å²) in [6.07, 6.45) is 6.83. The van der Waals surface area contributed by atoms with E-state index in [2.05, 4.69) is 14.5 Å². The SMILES string of the molecule is Cn1ccnc1CC1CCCN(CC(O)COc2ccccc2)C1. The minimum absolute atomic E-state index is 0.338. The number of hydrogen-bond donors (Lipinski definition) is 1. The number of para-hydroxylation sites is 1. The Balaban J connectivity index is 1.43. The summed E-state index contributed by atoms with van der Waals surface area (Å²) in [5, 5.41) is 10.3. The number of hydrogen-bond acceptors (Lipinski definition) is 4. The molecule has 1 aliphatic heterocycles. The molecule has 130 valence electrons. The van der Waals surface area contributed by atoms with Gasteiger partial charge in [-0.2, -0.15) is 0 Å². The number of aromatic nitrogens is 2. The van der Waals surface area contributed by atoms with Gasteiger partial charge in [-0.1, -0.05) is 18.2 Å². The molecule has 1 N–H and O–H groups in total. The first-order valence-corrected chi connectivity index (χ1v) is 8.75. The maximum absolute atomic E-state index is 10.3. The third-order valence-electron chi connectivity index (χ3n) is 4.65. The molecule has 0 amide bonds. The Kier molecular flexibility index (Phi) is 5.88. The first kappa shape index (κ1) is 17.0. The zero-order valence-corrected chi connectivity index (χ0v) is 14.3. The van der Waals surface area contributed by atoms with E-state index in [0.29, 0.717) is 19.1 Å².